The number of aromatic nitrogens is 6. The van der Waals surface area contributed by atoms with Crippen molar-refractivity contribution >= 4 is 28.0 Å². The van der Waals surface area contributed by atoms with E-state index in [2.05, 4.69) is 27.3 Å². The normalized spacial score (nSPS) is 11.3. The summed E-state index contributed by atoms with van der Waals surface area (Å²) in [5.74, 6) is 0.291. The quantitative estimate of drug-likeness (QED) is 0.0958. The number of hydrogen-bond acceptors (Lipinski definition) is 8. The van der Waals surface area contributed by atoms with Crippen molar-refractivity contribution in [3.63, 3.8) is 0 Å². The van der Waals surface area contributed by atoms with E-state index < -0.39 is 5.97 Å². The van der Waals surface area contributed by atoms with Gasteiger partial charge in [-0.3, -0.25) is 0 Å². The number of esters is 1. The van der Waals surface area contributed by atoms with Crippen molar-refractivity contribution in [3.8, 4) is 28.6 Å². The van der Waals surface area contributed by atoms with Gasteiger partial charge in [-0.25, -0.2) is 4.79 Å². The minimum atomic E-state index is -0.585. The number of carbonyl (C=O) groups excluding carboxylic acids is 1. The monoisotopic (exact) mass is 576 g/mol. The van der Waals surface area contributed by atoms with E-state index in [-0.39, 0.29) is 11.5 Å². The van der Waals surface area contributed by atoms with E-state index in [0.29, 0.717) is 39.9 Å². The van der Waals surface area contributed by atoms with Gasteiger partial charge in [0.25, 0.3) is 0 Å². The number of ether oxygens (including phenoxy) is 2. The number of phenolic OH excluding ortho intramolecular Hbond substituents is 1. The van der Waals surface area contributed by atoms with Crippen LogP contribution in [-0.4, -0.2) is 47.7 Å². The van der Waals surface area contributed by atoms with Crippen molar-refractivity contribution in [2.45, 2.75) is 45.4 Å². The molecule has 10 heteroatoms. The average Bonchev–Trinajstić information content (AvgIpc) is 3.65. The third kappa shape index (κ3) is 6.48. The highest BCUT2D eigenvalue weighted by Gasteiger charge is 2.15. The molecule has 0 spiro atoms. The number of aromatic hydroxyl groups is 1. The number of benzene rings is 4. The van der Waals surface area contributed by atoms with Crippen LogP contribution in [0, 0.1) is 0 Å². The van der Waals surface area contributed by atoms with Gasteiger partial charge >= 0.3 is 5.97 Å². The lowest BCUT2D eigenvalue weighted by Gasteiger charge is -2.07. The number of nitrogens with zero attached hydrogens (tertiary/aromatic N) is 6. The van der Waals surface area contributed by atoms with E-state index in [9.17, 15) is 9.90 Å². The Morgan fingerprint density at radius 2 is 1.35 bits per heavy atom. The molecule has 0 aliphatic carbocycles. The van der Waals surface area contributed by atoms with E-state index >= 15 is 0 Å². The van der Waals surface area contributed by atoms with Crippen molar-refractivity contribution in [2.75, 3.05) is 6.61 Å². The van der Waals surface area contributed by atoms with Crippen molar-refractivity contribution in [1.82, 2.24) is 30.0 Å². The van der Waals surface area contributed by atoms with Gasteiger partial charge in [0.2, 0.25) is 0 Å². The van der Waals surface area contributed by atoms with Gasteiger partial charge in [0.15, 0.2) is 0 Å². The molecule has 0 radical (unpaired) electrons. The maximum atomic E-state index is 12.9. The molecule has 0 bridgehead atoms. The molecule has 10 nitrogen and oxygen atoms in total. The summed E-state index contributed by atoms with van der Waals surface area (Å²) in [5.41, 5.74) is 4.05. The molecule has 4 aromatic carbocycles. The van der Waals surface area contributed by atoms with Gasteiger partial charge in [0.05, 0.1) is 17.9 Å². The average molecular weight is 577 g/mol. The molecule has 0 aliphatic rings. The van der Waals surface area contributed by atoms with Crippen LogP contribution in [0.2, 0.25) is 0 Å². The first-order chi connectivity index (χ1) is 21.1. The fourth-order valence-corrected chi connectivity index (χ4v) is 4.77. The molecule has 6 aromatic rings. The van der Waals surface area contributed by atoms with E-state index in [0.717, 1.165) is 17.9 Å². The van der Waals surface area contributed by atoms with E-state index in [1.165, 1.54) is 47.8 Å². The minimum Gasteiger partial charge on any atom is -0.505 e. The molecule has 0 amide bonds. The molecule has 0 atom stereocenters. The molecule has 0 aliphatic heterocycles. The van der Waals surface area contributed by atoms with Gasteiger partial charge in [-0.15, -0.1) is 25.2 Å². The van der Waals surface area contributed by atoms with Crippen molar-refractivity contribution in [3.05, 3.63) is 90.5 Å². The number of carbonyl (C=O) groups is 1. The summed E-state index contributed by atoms with van der Waals surface area (Å²) < 4.78 is 11.4. The Balaban J connectivity index is 1.08. The first kappa shape index (κ1) is 27.9. The van der Waals surface area contributed by atoms with E-state index in [1.807, 2.05) is 48.5 Å². The standard InChI is InChI=1S/C33H32N6O4/c1-2-3-4-5-6-9-20-42-25-15-13-24(14-16-25)38-34-29-18-12-23(21-30(29)37-38)33(41)43-26-17-19-31(32(40)22-26)39-35-27-10-7-8-11-28(27)36-39/h7-8,10-19,21-22,40H,2-6,9,20H2,1H3. The molecule has 2 aromatic heterocycles. The van der Waals surface area contributed by atoms with E-state index in [4.69, 9.17) is 9.47 Å². The van der Waals surface area contributed by atoms with Crippen LogP contribution < -0.4 is 9.47 Å². The van der Waals surface area contributed by atoms with Crippen LogP contribution in [0.15, 0.2) is 84.9 Å². The van der Waals surface area contributed by atoms with Crippen LogP contribution in [0.5, 0.6) is 17.2 Å². The third-order valence-electron chi connectivity index (χ3n) is 7.11. The number of hydrogen-bond donors (Lipinski definition) is 1. The molecular formula is C33H32N6O4. The molecular weight excluding hydrogens is 544 g/mol. The van der Waals surface area contributed by atoms with Gasteiger partial charge in [0.1, 0.15) is 45.0 Å². The van der Waals surface area contributed by atoms with Gasteiger partial charge in [-0.1, -0.05) is 51.2 Å². The summed E-state index contributed by atoms with van der Waals surface area (Å²) in [6.07, 6.45) is 7.34. The lowest BCUT2D eigenvalue weighted by Crippen LogP contribution is -2.08. The Labute approximate surface area is 248 Å². The Hall–Kier alpha value is -5.25. The zero-order valence-corrected chi connectivity index (χ0v) is 23.9. The van der Waals surface area contributed by atoms with Gasteiger partial charge in [-0.05, 0) is 73.2 Å². The van der Waals surface area contributed by atoms with Gasteiger partial charge < -0.3 is 14.6 Å². The first-order valence-electron chi connectivity index (χ1n) is 14.6. The highest BCUT2D eigenvalue weighted by Crippen LogP contribution is 2.28. The Morgan fingerprint density at radius 3 is 2.09 bits per heavy atom. The second kappa shape index (κ2) is 12.7. The molecule has 0 unspecified atom stereocenters. The number of unbranched alkanes of at least 4 members (excludes halogenated alkanes) is 5. The molecule has 43 heavy (non-hydrogen) atoms. The van der Waals surface area contributed by atoms with Gasteiger partial charge in [0, 0.05) is 6.07 Å². The number of fused-ring (bicyclic) bond motifs is 2. The molecule has 0 fully saturated rings. The topological polar surface area (TPSA) is 117 Å². The summed E-state index contributed by atoms with van der Waals surface area (Å²) in [5, 5.41) is 28.4. The zero-order chi connectivity index (χ0) is 29.6. The second-order valence-electron chi connectivity index (χ2n) is 10.3. The van der Waals surface area contributed by atoms with Crippen LogP contribution in [0.25, 0.3) is 33.4 Å². The summed E-state index contributed by atoms with van der Waals surface area (Å²) in [7, 11) is 0. The number of phenols is 1. The summed E-state index contributed by atoms with van der Waals surface area (Å²) in [4.78, 5) is 15.8. The maximum Gasteiger partial charge on any atom is 0.343 e. The minimum absolute atomic E-state index is 0.122. The predicted molar refractivity (Wildman–Crippen MR) is 163 cm³/mol. The Morgan fingerprint density at radius 1 is 0.698 bits per heavy atom. The summed E-state index contributed by atoms with van der Waals surface area (Å²) in [6.45, 7) is 2.93. The first-order valence-corrected chi connectivity index (χ1v) is 14.6. The highest BCUT2D eigenvalue weighted by molar-refractivity contribution is 5.94. The Bertz CT molecular complexity index is 1830. The number of rotatable bonds is 12. The molecule has 2 heterocycles. The second-order valence-corrected chi connectivity index (χ2v) is 10.3. The fourth-order valence-electron chi connectivity index (χ4n) is 4.77. The van der Waals surface area contributed by atoms with Crippen LogP contribution in [0.3, 0.4) is 0 Å². The van der Waals surface area contributed by atoms with Crippen molar-refractivity contribution in [1.29, 1.82) is 0 Å². The molecule has 218 valence electrons. The lowest BCUT2D eigenvalue weighted by molar-refractivity contribution is 0.0734. The van der Waals surface area contributed by atoms with Crippen molar-refractivity contribution in [2.24, 2.45) is 0 Å². The lowest BCUT2D eigenvalue weighted by atomic mass is 10.1. The molecule has 0 saturated heterocycles. The molecule has 1 N–H and O–H groups in total. The largest absolute Gasteiger partial charge is 0.505 e. The SMILES string of the molecule is CCCCCCCCOc1ccc(-n2nc3ccc(C(=O)Oc4ccc(-n5nc6ccccc6n5)c(O)c4)cc3n2)cc1. The van der Waals surface area contributed by atoms with E-state index in [1.54, 1.807) is 30.3 Å². The third-order valence-corrected chi connectivity index (χ3v) is 7.11. The smallest absolute Gasteiger partial charge is 0.343 e. The van der Waals surface area contributed by atoms with Crippen LogP contribution in [0.4, 0.5) is 0 Å². The molecule has 6 rings (SSSR count). The van der Waals surface area contributed by atoms with Crippen LogP contribution >= 0.6 is 0 Å². The highest BCUT2D eigenvalue weighted by atomic mass is 16.5. The predicted octanol–water partition coefficient (Wildman–Crippen LogP) is 6.82. The fraction of sp³-hybridized carbons (Fsp3) is 0.242. The van der Waals surface area contributed by atoms with Crippen LogP contribution in [0.1, 0.15) is 55.8 Å². The van der Waals surface area contributed by atoms with Crippen molar-refractivity contribution < 1.29 is 19.4 Å². The zero-order valence-electron chi connectivity index (χ0n) is 23.9. The Kier molecular flexibility index (Phi) is 8.26. The van der Waals surface area contributed by atoms with Crippen LogP contribution in [-0.2, 0) is 0 Å². The van der Waals surface area contributed by atoms with Gasteiger partial charge in [-0.2, -0.15) is 4.80 Å². The maximum absolute atomic E-state index is 12.9. The summed E-state index contributed by atoms with van der Waals surface area (Å²) >= 11 is 0. The molecule has 0 saturated carbocycles. The summed E-state index contributed by atoms with van der Waals surface area (Å²) in [6, 6.07) is 24.6.